The number of allylic oxidation sites excluding steroid dienone is 2. The lowest BCUT2D eigenvalue weighted by molar-refractivity contribution is 0.404. The van der Waals surface area contributed by atoms with Gasteiger partial charge in [-0.05, 0) is 62.8 Å². The van der Waals surface area contributed by atoms with Crippen molar-refractivity contribution < 1.29 is 19.7 Å². The van der Waals surface area contributed by atoms with Gasteiger partial charge in [0, 0.05) is 5.56 Å². The summed E-state index contributed by atoms with van der Waals surface area (Å²) in [4.78, 5) is 12.9. The first-order valence-corrected chi connectivity index (χ1v) is 9.80. The molecule has 0 bridgehead atoms. The monoisotopic (exact) mass is 406 g/mol. The van der Waals surface area contributed by atoms with E-state index in [1.54, 1.807) is 6.07 Å². The second-order valence-corrected chi connectivity index (χ2v) is 7.83. The van der Waals surface area contributed by atoms with Gasteiger partial charge in [0.1, 0.15) is 11.0 Å². The van der Waals surface area contributed by atoms with E-state index in [9.17, 15) is 20.1 Å². The van der Waals surface area contributed by atoms with Gasteiger partial charge in [-0.25, -0.2) is 0 Å². The van der Waals surface area contributed by atoms with Gasteiger partial charge in [-0.15, -0.1) is 13.2 Å². The lowest BCUT2D eigenvalue weighted by Gasteiger charge is -2.12. The van der Waals surface area contributed by atoms with Gasteiger partial charge in [-0.1, -0.05) is 29.3 Å². The molecule has 5 nitrogen and oxygen atoms in total. The number of fused-ring (bicyclic) bond motifs is 1. The Balaban J connectivity index is 2.21. The standard InChI is InChI=1S/C25H26O5/c1-14(2)8-10-16-6-5-7-17(12-16)25-23(29)22(28)20-21(27)19(26)13-18(24(20)30-25)11-9-15(3)4/h5-7,12-13,26-27,29H,1,3,8-11H2,2,4H3. The summed E-state index contributed by atoms with van der Waals surface area (Å²) in [6.45, 7) is 11.6. The van der Waals surface area contributed by atoms with Gasteiger partial charge in [0.2, 0.25) is 11.2 Å². The van der Waals surface area contributed by atoms with Crippen LogP contribution in [-0.2, 0) is 12.8 Å². The molecule has 0 unspecified atom stereocenters. The predicted octanol–water partition coefficient (Wildman–Crippen LogP) is 5.59. The quantitative estimate of drug-likeness (QED) is 0.351. The molecule has 0 radical (unpaired) electrons. The van der Waals surface area contributed by atoms with E-state index in [0.29, 0.717) is 24.0 Å². The van der Waals surface area contributed by atoms with Gasteiger partial charge in [-0.2, -0.15) is 0 Å². The topological polar surface area (TPSA) is 90.9 Å². The van der Waals surface area contributed by atoms with E-state index in [2.05, 4.69) is 13.2 Å². The lowest BCUT2D eigenvalue weighted by Crippen LogP contribution is -2.05. The third kappa shape index (κ3) is 4.25. The smallest absolute Gasteiger partial charge is 0.238 e. The maximum absolute atomic E-state index is 12.9. The van der Waals surface area contributed by atoms with Crippen LogP contribution in [0.1, 0.15) is 37.8 Å². The van der Waals surface area contributed by atoms with Gasteiger partial charge >= 0.3 is 0 Å². The van der Waals surface area contributed by atoms with Crippen molar-refractivity contribution in [3.05, 3.63) is 76.0 Å². The highest BCUT2D eigenvalue weighted by Crippen LogP contribution is 2.39. The minimum absolute atomic E-state index is 0.0336. The van der Waals surface area contributed by atoms with Crippen LogP contribution in [0.4, 0.5) is 0 Å². The minimum Gasteiger partial charge on any atom is -0.504 e. The number of aromatic hydroxyl groups is 3. The summed E-state index contributed by atoms with van der Waals surface area (Å²) in [6, 6.07) is 8.80. The fraction of sp³-hybridized carbons (Fsp3) is 0.240. The molecular formula is C25H26O5. The first-order chi connectivity index (χ1) is 14.2. The largest absolute Gasteiger partial charge is 0.504 e. The molecule has 1 aromatic heterocycles. The van der Waals surface area contributed by atoms with E-state index in [1.807, 2.05) is 32.0 Å². The maximum atomic E-state index is 12.9. The van der Waals surface area contributed by atoms with Gasteiger partial charge in [0.15, 0.2) is 17.3 Å². The highest BCUT2D eigenvalue weighted by molar-refractivity contribution is 5.91. The first-order valence-electron chi connectivity index (χ1n) is 9.80. The number of hydrogen-bond acceptors (Lipinski definition) is 5. The maximum Gasteiger partial charge on any atom is 0.238 e. The molecule has 0 aliphatic carbocycles. The normalized spacial score (nSPS) is 11.0. The molecule has 3 aromatic rings. The van der Waals surface area contributed by atoms with Crippen molar-refractivity contribution in [1.29, 1.82) is 0 Å². The van der Waals surface area contributed by atoms with Gasteiger partial charge in [-0.3, -0.25) is 4.79 Å². The molecular weight excluding hydrogens is 380 g/mol. The molecule has 2 aromatic carbocycles. The second kappa shape index (κ2) is 8.49. The number of benzene rings is 2. The molecule has 0 amide bonds. The first kappa shape index (κ1) is 21.2. The van der Waals surface area contributed by atoms with Crippen LogP contribution in [0.5, 0.6) is 17.2 Å². The average Bonchev–Trinajstić information content (AvgIpc) is 2.70. The van der Waals surface area contributed by atoms with Crippen molar-refractivity contribution in [3.8, 4) is 28.6 Å². The SMILES string of the molecule is C=C(C)CCc1cccc(-c2oc3c(CCC(=C)C)cc(O)c(O)c3c(=O)c2O)c1. The van der Waals surface area contributed by atoms with Crippen molar-refractivity contribution in [2.75, 3.05) is 0 Å². The third-order valence-corrected chi connectivity index (χ3v) is 5.02. The summed E-state index contributed by atoms with van der Waals surface area (Å²) in [5.74, 6) is -1.60. The number of phenols is 2. The molecule has 156 valence electrons. The summed E-state index contributed by atoms with van der Waals surface area (Å²) >= 11 is 0. The summed E-state index contributed by atoms with van der Waals surface area (Å²) in [6.07, 6.45) is 2.69. The second-order valence-electron chi connectivity index (χ2n) is 7.83. The van der Waals surface area contributed by atoms with Crippen LogP contribution < -0.4 is 5.43 Å². The van der Waals surface area contributed by atoms with Crippen molar-refractivity contribution in [3.63, 3.8) is 0 Å². The molecule has 1 heterocycles. The van der Waals surface area contributed by atoms with Crippen LogP contribution in [0.15, 0.2) is 63.8 Å². The fourth-order valence-electron chi connectivity index (χ4n) is 3.35. The molecule has 0 spiro atoms. The molecule has 0 saturated carbocycles. The molecule has 0 saturated heterocycles. The Morgan fingerprint density at radius 1 is 0.967 bits per heavy atom. The Morgan fingerprint density at radius 3 is 2.30 bits per heavy atom. The zero-order chi connectivity index (χ0) is 22.0. The Labute approximate surface area is 175 Å². The number of rotatable bonds is 7. The number of hydrogen-bond donors (Lipinski definition) is 3. The lowest BCUT2D eigenvalue weighted by atomic mass is 10.00. The summed E-state index contributed by atoms with van der Waals surface area (Å²) < 4.78 is 5.97. The summed E-state index contributed by atoms with van der Waals surface area (Å²) in [7, 11) is 0. The van der Waals surface area contributed by atoms with E-state index < -0.39 is 22.7 Å². The summed E-state index contributed by atoms with van der Waals surface area (Å²) in [5.41, 5.74) is 3.50. The van der Waals surface area contributed by atoms with Crippen LogP contribution in [0, 0.1) is 0 Å². The molecule has 0 atom stereocenters. The van der Waals surface area contributed by atoms with Crippen LogP contribution in [0.2, 0.25) is 0 Å². The number of phenolic OH excluding ortho intramolecular Hbond substituents is 2. The molecule has 5 heteroatoms. The van der Waals surface area contributed by atoms with E-state index >= 15 is 0 Å². The van der Waals surface area contributed by atoms with E-state index in [1.165, 1.54) is 6.07 Å². The Morgan fingerprint density at radius 2 is 1.63 bits per heavy atom. The highest BCUT2D eigenvalue weighted by atomic mass is 16.4. The van der Waals surface area contributed by atoms with Crippen LogP contribution >= 0.6 is 0 Å². The zero-order valence-electron chi connectivity index (χ0n) is 17.3. The van der Waals surface area contributed by atoms with Crippen LogP contribution in [-0.4, -0.2) is 15.3 Å². The Kier molecular flexibility index (Phi) is 6.01. The van der Waals surface area contributed by atoms with Crippen LogP contribution in [0.25, 0.3) is 22.3 Å². The van der Waals surface area contributed by atoms with Crippen molar-refractivity contribution in [1.82, 2.24) is 0 Å². The van der Waals surface area contributed by atoms with Crippen molar-refractivity contribution >= 4 is 11.0 Å². The van der Waals surface area contributed by atoms with Crippen LogP contribution in [0.3, 0.4) is 0 Å². The summed E-state index contributed by atoms with van der Waals surface area (Å²) in [5, 5.41) is 30.6. The Bertz CT molecular complexity index is 1200. The molecule has 3 rings (SSSR count). The zero-order valence-corrected chi connectivity index (χ0v) is 17.3. The van der Waals surface area contributed by atoms with Gasteiger partial charge < -0.3 is 19.7 Å². The van der Waals surface area contributed by atoms with Crippen molar-refractivity contribution in [2.45, 2.75) is 39.5 Å². The van der Waals surface area contributed by atoms with E-state index in [4.69, 9.17) is 4.42 Å². The minimum atomic E-state index is -0.788. The fourth-order valence-corrected chi connectivity index (χ4v) is 3.35. The van der Waals surface area contributed by atoms with Crippen molar-refractivity contribution in [2.24, 2.45) is 0 Å². The molecule has 3 N–H and O–H groups in total. The number of aryl methyl sites for hydroxylation is 2. The van der Waals surface area contributed by atoms with E-state index in [-0.39, 0.29) is 16.7 Å². The third-order valence-electron chi connectivity index (χ3n) is 5.02. The Hall–Kier alpha value is -3.47. The predicted molar refractivity (Wildman–Crippen MR) is 119 cm³/mol. The average molecular weight is 406 g/mol. The van der Waals surface area contributed by atoms with Gasteiger partial charge in [0.05, 0.1) is 0 Å². The molecule has 0 fully saturated rings. The molecule has 0 aliphatic heterocycles. The molecule has 30 heavy (non-hydrogen) atoms. The molecule has 0 aliphatic rings. The highest BCUT2D eigenvalue weighted by Gasteiger charge is 2.22. The van der Waals surface area contributed by atoms with E-state index in [0.717, 1.165) is 29.6 Å². The van der Waals surface area contributed by atoms with Gasteiger partial charge in [0.25, 0.3) is 0 Å².